The lowest BCUT2D eigenvalue weighted by molar-refractivity contribution is -0.384. The number of nitrogens with zero attached hydrogens (tertiary/aromatic N) is 2. The molecule has 0 spiro atoms. The lowest BCUT2D eigenvalue weighted by atomic mass is 9.64. The summed E-state index contributed by atoms with van der Waals surface area (Å²) in [5, 5.41) is 18.7. The second-order valence-corrected chi connectivity index (χ2v) is 9.47. The zero-order valence-corrected chi connectivity index (χ0v) is 18.7. The number of non-ortho nitro benzene ring substituents is 1. The number of hydrogen-bond donors (Lipinski definition) is 2. The van der Waals surface area contributed by atoms with Crippen LogP contribution >= 0.6 is 11.6 Å². The fourth-order valence-corrected chi connectivity index (χ4v) is 5.15. The van der Waals surface area contributed by atoms with E-state index in [4.69, 9.17) is 11.6 Å². The Morgan fingerprint density at radius 1 is 1.03 bits per heavy atom. The Labute approximate surface area is 190 Å². The summed E-state index contributed by atoms with van der Waals surface area (Å²) in [5.41, 5.74) is 1.70. The van der Waals surface area contributed by atoms with Crippen molar-refractivity contribution in [1.82, 2.24) is 0 Å². The monoisotopic (exact) mass is 454 g/mol. The molecule has 2 bridgehead atoms. The SMILES string of the molecule is CC12CCC(C(=O)Nc3ccc(Cl)cc3)(C(=O)C1=NNc1ccc([N+](=O)[O-])cc1)C2(C)C. The molecule has 0 aliphatic heterocycles. The van der Waals surface area contributed by atoms with Crippen LogP contribution in [0.15, 0.2) is 53.6 Å². The number of halogens is 1. The van der Waals surface area contributed by atoms with Gasteiger partial charge in [0.05, 0.1) is 10.6 Å². The molecule has 4 rings (SSSR count). The zero-order chi connectivity index (χ0) is 23.3. The van der Waals surface area contributed by atoms with E-state index in [1.54, 1.807) is 24.3 Å². The van der Waals surface area contributed by atoms with Gasteiger partial charge in [-0.2, -0.15) is 5.10 Å². The molecule has 2 aliphatic carbocycles. The van der Waals surface area contributed by atoms with Crippen molar-refractivity contribution in [2.24, 2.45) is 21.3 Å². The first-order valence-corrected chi connectivity index (χ1v) is 10.6. The van der Waals surface area contributed by atoms with E-state index >= 15 is 0 Å². The van der Waals surface area contributed by atoms with Crippen molar-refractivity contribution >= 4 is 46.1 Å². The number of nitro benzene ring substituents is 1. The highest BCUT2D eigenvalue weighted by atomic mass is 35.5. The van der Waals surface area contributed by atoms with E-state index in [1.165, 1.54) is 24.3 Å². The summed E-state index contributed by atoms with van der Waals surface area (Å²) < 4.78 is 0. The van der Waals surface area contributed by atoms with E-state index in [-0.39, 0.29) is 17.4 Å². The van der Waals surface area contributed by atoms with Gasteiger partial charge in [-0.1, -0.05) is 32.4 Å². The predicted molar refractivity (Wildman–Crippen MR) is 123 cm³/mol. The van der Waals surface area contributed by atoms with Crippen molar-refractivity contribution < 1.29 is 14.5 Å². The van der Waals surface area contributed by atoms with Crippen LogP contribution in [0.2, 0.25) is 5.02 Å². The molecule has 8 nitrogen and oxygen atoms in total. The molecule has 2 unspecified atom stereocenters. The first-order chi connectivity index (χ1) is 15.0. The molecule has 2 atom stereocenters. The fourth-order valence-electron chi connectivity index (χ4n) is 5.02. The van der Waals surface area contributed by atoms with Gasteiger partial charge in [0.2, 0.25) is 5.91 Å². The topological polar surface area (TPSA) is 114 Å². The minimum absolute atomic E-state index is 0.0369. The highest BCUT2D eigenvalue weighted by Gasteiger charge is 2.76. The van der Waals surface area contributed by atoms with Crippen molar-refractivity contribution in [3.8, 4) is 0 Å². The smallest absolute Gasteiger partial charge is 0.269 e. The van der Waals surface area contributed by atoms with E-state index in [0.717, 1.165) is 0 Å². The van der Waals surface area contributed by atoms with Gasteiger partial charge in [0, 0.05) is 28.3 Å². The molecule has 0 saturated heterocycles. The molecular weight excluding hydrogens is 432 g/mol. The number of anilines is 2. The number of rotatable bonds is 5. The van der Waals surface area contributed by atoms with Crippen LogP contribution in [-0.2, 0) is 9.59 Å². The molecule has 2 fully saturated rings. The minimum Gasteiger partial charge on any atom is -0.325 e. The van der Waals surface area contributed by atoms with Crippen LogP contribution in [0, 0.1) is 26.4 Å². The van der Waals surface area contributed by atoms with Crippen LogP contribution in [0.3, 0.4) is 0 Å². The van der Waals surface area contributed by atoms with Gasteiger partial charge in [0.1, 0.15) is 11.1 Å². The summed E-state index contributed by atoms with van der Waals surface area (Å²) in [5.74, 6) is -0.642. The third kappa shape index (κ3) is 3.01. The normalized spacial score (nSPS) is 26.9. The molecule has 0 radical (unpaired) electrons. The maximum atomic E-state index is 13.6. The number of nitro groups is 1. The van der Waals surface area contributed by atoms with Gasteiger partial charge in [-0.25, -0.2) is 0 Å². The van der Waals surface area contributed by atoms with Crippen LogP contribution in [0.5, 0.6) is 0 Å². The van der Waals surface area contributed by atoms with Gasteiger partial charge in [-0.3, -0.25) is 25.1 Å². The summed E-state index contributed by atoms with van der Waals surface area (Å²) in [6.45, 7) is 5.84. The number of benzene rings is 2. The molecule has 2 aliphatic rings. The Balaban J connectivity index is 1.64. The molecule has 2 aromatic rings. The van der Waals surface area contributed by atoms with Gasteiger partial charge < -0.3 is 5.32 Å². The molecule has 2 aromatic carbocycles. The number of nitrogens with one attached hydrogen (secondary N) is 2. The Kier molecular flexibility index (Phi) is 5.08. The van der Waals surface area contributed by atoms with E-state index in [9.17, 15) is 19.7 Å². The van der Waals surface area contributed by atoms with Gasteiger partial charge in [-0.05, 0) is 54.7 Å². The molecule has 0 heterocycles. The summed E-state index contributed by atoms with van der Waals surface area (Å²) in [7, 11) is 0. The van der Waals surface area contributed by atoms with Crippen molar-refractivity contribution in [1.29, 1.82) is 0 Å². The van der Waals surface area contributed by atoms with Crippen molar-refractivity contribution in [2.75, 3.05) is 10.7 Å². The van der Waals surface area contributed by atoms with Gasteiger partial charge in [-0.15, -0.1) is 0 Å². The molecule has 9 heteroatoms. The van der Waals surface area contributed by atoms with Crippen LogP contribution < -0.4 is 10.7 Å². The molecule has 32 heavy (non-hydrogen) atoms. The highest BCUT2D eigenvalue weighted by molar-refractivity contribution is 6.51. The maximum absolute atomic E-state index is 13.6. The van der Waals surface area contributed by atoms with Crippen molar-refractivity contribution in [3.05, 3.63) is 63.7 Å². The fraction of sp³-hybridized carbons (Fsp3) is 0.348. The summed E-state index contributed by atoms with van der Waals surface area (Å²) >= 11 is 5.93. The quantitative estimate of drug-likeness (QED) is 0.372. The Morgan fingerprint density at radius 2 is 1.62 bits per heavy atom. The van der Waals surface area contributed by atoms with Crippen LogP contribution in [0.1, 0.15) is 33.6 Å². The standard InChI is InChI=1S/C23H23ClN4O4/c1-21(2)22(3)12-13-23(21,20(30)25-15-6-4-14(24)5-7-15)19(29)18(22)27-26-16-8-10-17(11-9-16)28(31)32/h4-11,26H,12-13H2,1-3H3,(H,25,30). The molecule has 2 N–H and O–H groups in total. The third-order valence-corrected chi connectivity index (χ3v) is 7.69. The van der Waals surface area contributed by atoms with Crippen LogP contribution in [0.25, 0.3) is 0 Å². The first kappa shape index (κ1) is 22.0. The number of Topliss-reactive ketones (excluding diaryl/α,β-unsaturated/α-hetero) is 1. The Morgan fingerprint density at radius 3 is 2.22 bits per heavy atom. The van der Waals surface area contributed by atoms with Crippen LogP contribution in [0.4, 0.5) is 17.1 Å². The lowest BCUT2D eigenvalue weighted by Gasteiger charge is -2.37. The predicted octanol–water partition coefficient (Wildman–Crippen LogP) is 5.05. The number of hydrogen-bond acceptors (Lipinski definition) is 6. The number of ketones is 1. The van der Waals surface area contributed by atoms with Gasteiger partial charge in [0.25, 0.3) is 5.69 Å². The Bertz CT molecular complexity index is 1140. The molecule has 0 aromatic heterocycles. The minimum atomic E-state index is -1.24. The highest BCUT2D eigenvalue weighted by Crippen LogP contribution is 2.69. The average Bonchev–Trinajstić information content (AvgIpc) is 3.03. The number of carbonyl (C=O) groups excluding carboxylic acids is 2. The van der Waals surface area contributed by atoms with E-state index in [0.29, 0.717) is 35.0 Å². The third-order valence-electron chi connectivity index (χ3n) is 7.44. The molecular formula is C23H23ClN4O4. The lowest BCUT2D eigenvalue weighted by Crippen LogP contribution is -2.47. The average molecular weight is 455 g/mol. The number of amides is 1. The summed E-state index contributed by atoms with van der Waals surface area (Å²) in [6, 6.07) is 12.5. The number of carbonyl (C=O) groups is 2. The van der Waals surface area contributed by atoms with E-state index < -0.39 is 21.2 Å². The summed E-state index contributed by atoms with van der Waals surface area (Å²) in [4.78, 5) is 37.4. The second-order valence-electron chi connectivity index (χ2n) is 9.03. The number of fused-ring (bicyclic) bond motifs is 2. The van der Waals surface area contributed by atoms with Crippen LogP contribution in [-0.4, -0.2) is 22.3 Å². The van der Waals surface area contributed by atoms with E-state index in [1.807, 2.05) is 20.8 Å². The molecule has 166 valence electrons. The van der Waals surface area contributed by atoms with Gasteiger partial charge in [0.15, 0.2) is 5.78 Å². The van der Waals surface area contributed by atoms with E-state index in [2.05, 4.69) is 15.8 Å². The van der Waals surface area contributed by atoms with Crippen molar-refractivity contribution in [3.63, 3.8) is 0 Å². The van der Waals surface area contributed by atoms with Gasteiger partial charge >= 0.3 is 0 Å². The first-order valence-electron chi connectivity index (χ1n) is 10.2. The summed E-state index contributed by atoms with van der Waals surface area (Å²) in [6.07, 6.45) is 1.08. The Hall–Kier alpha value is -3.26. The second kappa shape index (κ2) is 7.41. The molecule has 1 amide bonds. The molecule has 2 saturated carbocycles. The number of hydrazone groups is 1. The maximum Gasteiger partial charge on any atom is 0.269 e. The largest absolute Gasteiger partial charge is 0.325 e. The van der Waals surface area contributed by atoms with Crippen molar-refractivity contribution in [2.45, 2.75) is 33.6 Å². The zero-order valence-electron chi connectivity index (χ0n) is 17.9.